The Labute approximate surface area is 254 Å². The molecule has 1 aromatic heterocycles. The number of ketones is 1. The molecule has 5 rings (SSSR count). The summed E-state index contributed by atoms with van der Waals surface area (Å²) in [6.45, 7) is 0. The molecule has 230 valence electrons. The molecule has 45 heavy (non-hydrogen) atoms. The summed E-state index contributed by atoms with van der Waals surface area (Å²) in [6.07, 6.45) is 0.277. The van der Waals surface area contributed by atoms with Crippen molar-refractivity contribution in [2.75, 3.05) is 28.4 Å². The van der Waals surface area contributed by atoms with E-state index in [1.807, 2.05) is 0 Å². The number of para-hydroxylation sites is 1. The average Bonchev–Trinajstić information content (AvgIpc) is 3.01. The quantitative estimate of drug-likeness (QED) is 0.0664. The number of ether oxygens (including phenoxy) is 4. The van der Waals surface area contributed by atoms with Crippen LogP contribution in [-0.4, -0.2) is 61.5 Å². The Bertz CT molecular complexity index is 2140. The largest absolute Gasteiger partial charge is 0.507 e. The molecule has 0 aliphatic rings. The zero-order chi connectivity index (χ0) is 32.6. The number of carbonyl (C=O) groups excluding carboxylic acids is 2. The number of allylic oxidation sites excluding steroid dienone is 1. The van der Waals surface area contributed by atoms with Crippen LogP contribution >= 0.6 is 0 Å². The van der Waals surface area contributed by atoms with Crippen molar-refractivity contribution >= 4 is 55.8 Å². The maximum atomic E-state index is 13.7. The number of benzene rings is 4. The number of esters is 1. The van der Waals surface area contributed by atoms with Crippen LogP contribution in [0.1, 0.15) is 32.0 Å². The summed E-state index contributed by atoms with van der Waals surface area (Å²) in [5, 5.41) is 32.3. The fraction of sp³-hybridized carbons (Fsp3) is 0.152. The van der Waals surface area contributed by atoms with Gasteiger partial charge in [0.25, 0.3) is 0 Å². The molecule has 4 aromatic carbocycles. The van der Waals surface area contributed by atoms with E-state index in [-0.39, 0.29) is 56.2 Å². The predicted molar refractivity (Wildman–Crippen MR) is 163 cm³/mol. The van der Waals surface area contributed by atoms with Gasteiger partial charge >= 0.3 is 17.6 Å². The fourth-order valence-electron chi connectivity index (χ4n) is 5.42. The van der Waals surface area contributed by atoms with E-state index in [1.165, 1.54) is 45.6 Å². The number of aromatic hydroxyl groups is 1. The highest BCUT2D eigenvalue weighted by Gasteiger charge is 2.27. The zero-order valence-corrected chi connectivity index (χ0v) is 24.4. The van der Waals surface area contributed by atoms with Crippen LogP contribution in [0.5, 0.6) is 23.0 Å². The van der Waals surface area contributed by atoms with E-state index in [1.54, 1.807) is 24.3 Å². The second-order valence-electron chi connectivity index (χ2n) is 9.80. The number of phenols is 1. The van der Waals surface area contributed by atoms with Gasteiger partial charge in [0.1, 0.15) is 34.1 Å². The molecule has 0 atom stereocenters. The molecule has 0 amide bonds. The molecule has 12 nitrogen and oxygen atoms in total. The van der Waals surface area contributed by atoms with E-state index in [2.05, 4.69) is 4.74 Å². The molecule has 12 heteroatoms. The fourth-order valence-corrected chi connectivity index (χ4v) is 5.42. The summed E-state index contributed by atoms with van der Waals surface area (Å²) in [6, 6.07) is 11.9. The summed E-state index contributed by atoms with van der Waals surface area (Å²) in [7, 11) is 5.12. The van der Waals surface area contributed by atoms with E-state index in [4.69, 9.17) is 18.6 Å². The van der Waals surface area contributed by atoms with Crippen LogP contribution in [0.2, 0.25) is 0 Å². The van der Waals surface area contributed by atoms with Crippen LogP contribution in [0.4, 0.5) is 0 Å². The summed E-state index contributed by atoms with van der Waals surface area (Å²) in [4.78, 5) is 50.9. The van der Waals surface area contributed by atoms with E-state index < -0.39 is 35.5 Å². The summed E-state index contributed by atoms with van der Waals surface area (Å²) in [5.41, 5.74) is -0.993. The number of hydrogen-bond acceptors (Lipinski definition) is 11. The monoisotopic (exact) mass is 614 g/mol. The standard InChI is InChI=1S/C33H26O12/c1-41-29-25(22(36)14-21(35)19-7-5-6-8-20(19)34)18(13-24(37)38)11-16-9-15-10-17-12-23(32(39)44-4)45-33(40)28(17)31(43-3)27(15)30(42-2)26(16)29/h5-12,14,34-35H,13H2,1-4H3,(H,37,38)/b21-14-. The first-order valence-corrected chi connectivity index (χ1v) is 13.3. The number of aliphatic hydroxyl groups is 1. The van der Waals surface area contributed by atoms with Crippen LogP contribution < -0.4 is 19.8 Å². The van der Waals surface area contributed by atoms with Crippen molar-refractivity contribution < 1.29 is 53.1 Å². The number of aliphatic carboxylic acids is 1. The molecule has 0 fully saturated rings. The lowest BCUT2D eigenvalue weighted by molar-refractivity contribution is -0.136. The molecular weight excluding hydrogens is 588 g/mol. The van der Waals surface area contributed by atoms with Crippen LogP contribution in [-0.2, 0) is 16.0 Å². The van der Waals surface area contributed by atoms with Crippen molar-refractivity contribution in [3.8, 4) is 23.0 Å². The van der Waals surface area contributed by atoms with Crippen LogP contribution in [0.25, 0.3) is 38.1 Å². The first-order valence-electron chi connectivity index (χ1n) is 13.3. The predicted octanol–water partition coefficient (Wildman–Crippen LogP) is 5.03. The first kappa shape index (κ1) is 30.4. The van der Waals surface area contributed by atoms with Crippen molar-refractivity contribution in [3.05, 3.63) is 87.5 Å². The van der Waals surface area contributed by atoms with Crippen molar-refractivity contribution in [1.29, 1.82) is 0 Å². The van der Waals surface area contributed by atoms with E-state index in [0.717, 1.165) is 13.2 Å². The molecule has 0 spiro atoms. The summed E-state index contributed by atoms with van der Waals surface area (Å²) >= 11 is 0. The number of aliphatic hydroxyl groups excluding tert-OH is 1. The number of hydrogen-bond donors (Lipinski definition) is 3. The Morgan fingerprint density at radius 3 is 1.98 bits per heavy atom. The van der Waals surface area contributed by atoms with Gasteiger partial charge in [-0.2, -0.15) is 0 Å². The third-order valence-corrected chi connectivity index (χ3v) is 7.23. The van der Waals surface area contributed by atoms with Gasteiger partial charge in [0.05, 0.1) is 56.8 Å². The van der Waals surface area contributed by atoms with Gasteiger partial charge in [-0.25, -0.2) is 9.59 Å². The Kier molecular flexibility index (Phi) is 8.06. The zero-order valence-electron chi connectivity index (χ0n) is 24.4. The van der Waals surface area contributed by atoms with Gasteiger partial charge in [-0.1, -0.05) is 12.1 Å². The second-order valence-corrected chi connectivity index (χ2v) is 9.80. The smallest absolute Gasteiger partial charge is 0.374 e. The number of methoxy groups -OCH3 is 4. The third-order valence-electron chi connectivity index (χ3n) is 7.23. The number of carbonyl (C=O) groups is 3. The molecular formula is C33H26O12. The molecule has 0 radical (unpaired) electrons. The number of phenolic OH excluding ortho intramolecular Hbond substituents is 1. The molecule has 0 saturated carbocycles. The van der Waals surface area contributed by atoms with Gasteiger partial charge in [0.2, 0.25) is 5.76 Å². The van der Waals surface area contributed by atoms with E-state index in [0.29, 0.717) is 21.5 Å². The van der Waals surface area contributed by atoms with Crippen molar-refractivity contribution in [2.45, 2.75) is 6.42 Å². The topological polar surface area (TPSA) is 179 Å². The lowest BCUT2D eigenvalue weighted by Crippen LogP contribution is -2.11. The second kappa shape index (κ2) is 11.9. The van der Waals surface area contributed by atoms with Gasteiger partial charge < -0.3 is 38.7 Å². The number of carboxylic acids is 1. The van der Waals surface area contributed by atoms with E-state index >= 15 is 0 Å². The van der Waals surface area contributed by atoms with Crippen LogP contribution in [0, 0.1) is 0 Å². The lowest BCUT2D eigenvalue weighted by atomic mass is 9.90. The first-order chi connectivity index (χ1) is 21.5. The molecule has 1 heterocycles. The Hall–Kier alpha value is -6.04. The van der Waals surface area contributed by atoms with Gasteiger partial charge in [-0.3, -0.25) is 9.59 Å². The SMILES string of the molecule is COC(=O)c1cc2cc3cc4cc(CC(=O)O)c(C(=O)/C=C(\O)c5ccccc5O)c(OC)c4c(OC)c3c(OC)c2c(=O)o1. The number of carboxylic acid groups (broad SMARTS) is 1. The van der Waals surface area contributed by atoms with Gasteiger partial charge in [0.15, 0.2) is 5.78 Å². The summed E-state index contributed by atoms with van der Waals surface area (Å²) < 4.78 is 27.1. The van der Waals surface area contributed by atoms with E-state index in [9.17, 15) is 34.5 Å². The Balaban J connectivity index is 1.90. The Morgan fingerprint density at radius 2 is 1.38 bits per heavy atom. The number of rotatable bonds is 9. The summed E-state index contributed by atoms with van der Waals surface area (Å²) in [5.74, 6) is -3.94. The number of fused-ring (bicyclic) bond motifs is 3. The van der Waals surface area contributed by atoms with Gasteiger partial charge in [-0.05, 0) is 58.1 Å². The maximum absolute atomic E-state index is 13.7. The van der Waals surface area contributed by atoms with Gasteiger partial charge in [0, 0.05) is 6.08 Å². The molecule has 0 unspecified atom stereocenters. The Morgan fingerprint density at radius 1 is 0.800 bits per heavy atom. The van der Waals surface area contributed by atoms with Crippen molar-refractivity contribution in [3.63, 3.8) is 0 Å². The van der Waals surface area contributed by atoms with Gasteiger partial charge in [-0.15, -0.1) is 0 Å². The maximum Gasteiger partial charge on any atom is 0.374 e. The highest BCUT2D eigenvalue weighted by Crippen LogP contribution is 2.48. The molecule has 0 aliphatic carbocycles. The van der Waals surface area contributed by atoms with Crippen LogP contribution in [0.3, 0.4) is 0 Å². The van der Waals surface area contributed by atoms with Crippen LogP contribution in [0.15, 0.2) is 63.8 Å². The minimum Gasteiger partial charge on any atom is -0.507 e. The van der Waals surface area contributed by atoms with Crippen molar-refractivity contribution in [2.24, 2.45) is 0 Å². The molecule has 0 bridgehead atoms. The lowest BCUT2D eigenvalue weighted by Gasteiger charge is -2.20. The third kappa shape index (κ3) is 5.22. The van der Waals surface area contributed by atoms with Crippen molar-refractivity contribution in [1.82, 2.24) is 0 Å². The highest BCUT2D eigenvalue weighted by molar-refractivity contribution is 6.20. The average molecular weight is 615 g/mol. The molecule has 5 aromatic rings. The normalized spacial score (nSPS) is 11.5. The molecule has 3 N–H and O–H groups in total. The minimum absolute atomic E-state index is 0.00333. The highest BCUT2D eigenvalue weighted by atomic mass is 16.5. The molecule has 0 saturated heterocycles. The molecule has 0 aliphatic heterocycles. The minimum atomic E-state index is -1.23.